The van der Waals surface area contributed by atoms with Crippen LogP contribution in [0, 0.1) is 0 Å². The molecule has 0 radical (unpaired) electrons. The molecule has 25 heavy (non-hydrogen) atoms. The first-order valence-electron chi connectivity index (χ1n) is 8.49. The molecule has 8 nitrogen and oxygen atoms in total. The van der Waals surface area contributed by atoms with Gasteiger partial charge in [0.25, 0.3) is 0 Å². The van der Waals surface area contributed by atoms with Crippen molar-refractivity contribution >= 4 is 15.9 Å². The predicted octanol–water partition coefficient (Wildman–Crippen LogP) is 2.51. The van der Waals surface area contributed by atoms with Crippen molar-refractivity contribution in [2.75, 3.05) is 12.8 Å². The normalized spacial score (nSPS) is 21.6. The van der Waals surface area contributed by atoms with E-state index >= 15 is 0 Å². The molecule has 0 bridgehead atoms. The molecular formula is C16H27N3O5S. The summed E-state index contributed by atoms with van der Waals surface area (Å²) in [5, 5.41) is 3.18. The molecule has 1 fully saturated rings. The molecule has 1 saturated heterocycles. The molecule has 2 rings (SSSR count). The van der Waals surface area contributed by atoms with E-state index in [1.54, 1.807) is 27.8 Å². The minimum Gasteiger partial charge on any atom is -0.444 e. The molecule has 0 N–H and O–H groups in total. The highest BCUT2D eigenvalue weighted by molar-refractivity contribution is 7.91. The van der Waals surface area contributed by atoms with Crippen molar-refractivity contribution in [3.63, 3.8) is 0 Å². The summed E-state index contributed by atoms with van der Waals surface area (Å²) >= 11 is 0. The maximum atomic E-state index is 12.1. The highest BCUT2D eigenvalue weighted by atomic mass is 32.2. The first-order chi connectivity index (χ1) is 11.5. The Labute approximate surface area is 148 Å². The smallest absolute Gasteiger partial charge is 0.410 e. The molecule has 1 aliphatic heterocycles. The Morgan fingerprint density at radius 3 is 2.68 bits per heavy atom. The minimum atomic E-state index is -3.22. The van der Waals surface area contributed by atoms with Crippen molar-refractivity contribution in [3.8, 4) is 0 Å². The molecule has 0 spiro atoms. The summed E-state index contributed by atoms with van der Waals surface area (Å²) in [5.41, 5.74) is -0.570. The third kappa shape index (κ3) is 5.17. The van der Waals surface area contributed by atoms with Gasteiger partial charge >= 0.3 is 6.09 Å². The molecule has 1 aromatic rings. The fraction of sp³-hybridized carbons (Fsp3) is 0.812. The molecule has 1 aliphatic rings. The standard InChI is InChI=1S/C16H27N3O5S/c1-11(19(5)15(20)23-16(2,3)4)10-13-17-14(24-18-13)12-8-6-7-9-25(12,21)22/h11-12H,6-10H2,1-5H3/t11-,12-/m0/s1. The molecule has 9 heteroatoms. The van der Waals surface area contributed by atoms with Gasteiger partial charge in [-0.05, 0) is 40.5 Å². The van der Waals surface area contributed by atoms with E-state index in [0.717, 1.165) is 6.42 Å². The number of carbonyl (C=O) groups is 1. The molecule has 0 aliphatic carbocycles. The minimum absolute atomic E-state index is 0.154. The van der Waals surface area contributed by atoms with E-state index in [1.807, 2.05) is 6.92 Å². The van der Waals surface area contributed by atoms with Crippen molar-refractivity contribution in [3.05, 3.63) is 11.7 Å². The predicted molar refractivity (Wildman–Crippen MR) is 91.8 cm³/mol. The molecule has 142 valence electrons. The Kier molecular flexibility index (Phi) is 5.75. The van der Waals surface area contributed by atoms with Crippen molar-refractivity contribution in [1.82, 2.24) is 15.0 Å². The van der Waals surface area contributed by atoms with Gasteiger partial charge in [0.15, 0.2) is 15.7 Å². The fourth-order valence-corrected chi connectivity index (χ4v) is 4.45. The third-order valence-electron chi connectivity index (χ3n) is 4.16. The summed E-state index contributed by atoms with van der Waals surface area (Å²) in [5.74, 6) is 0.702. The topological polar surface area (TPSA) is 103 Å². The number of rotatable bonds is 4. The van der Waals surface area contributed by atoms with Crippen LogP contribution in [-0.4, -0.2) is 54.0 Å². The number of aromatic nitrogens is 2. The van der Waals surface area contributed by atoms with Gasteiger partial charge in [-0.3, -0.25) is 0 Å². The summed E-state index contributed by atoms with van der Waals surface area (Å²) in [6.45, 7) is 7.26. The van der Waals surface area contributed by atoms with E-state index in [4.69, 9.17) is 9.26 Å². The van der Waals surface area contributed by atoms with E-state index in [2.05, 4.69) is 10.1 Å². The second-order valence-electron chi connectivity index (χ2n) is 7.54. The van der Waals surface area contributed by atoms with Crippen molar-refractivity contribution in [2.45, 2.75) is 70.3 Å². The lowest BCUT2D eigenvalue weighted by molar-refractivity contribution is 0.0234. The van der Waals surface area contributed by atoms with Crippen molar-refractivity contribution in [2.24, 2.45) is 0 Å². The Bertz CT molecular complexity index is 708. The lowest BCUT2D eigenvalue weighted by Crippen LogP contribution is -2.40. The quantitative estimate of drug-likeness (QED) is 0.799. The van der Waals surface area contributed by atoms with Gasteiger partial charge in [-0.1, -0.05) is 11.6 Å². The number of likely N-dealkylation sites (N-methyl/N-ethyl adjacent to an activating group) is 1. The maximum absolute atomic E-state index is 12.1. The van der Waals surface area contributed by atoms with E-state index in [1.165, 1.54) is 4.90 Å². The van der Waals surface area contributed by atoms with Crippen molar-refractivity contribution in [1.29, 1.82) is 0 Å². The van der Waals surface area contributed by atoms with Crippen LogP contribution in [0.25, 0.3) is 0 Å². The number of hydrogen-bond donors (Lipinski definition) is 0. The van der Waals surface area contributed by atoms with Gasteiger partial charge in [0.2, 0.25) is 5.89 Å². The van der Waals surface area contributed by atoms with Crippen LogP contribution in [0.5, 0.6) is 0 Å². The van der Waals surface area contributed by atoms with E-state index < -0.39 is 26.8 Å². The van der Waals surface area contributed by atoms with Crippen molar-refractivity contribution < 1.29 is 22.5 Å². The molecule has 0 aromatic carbocycles. The van der Waals surface area contributed by atoms with Gasteiger partial charge in [0.1, 0.15) is 10.9 Å². The number of hydrogen-bond acceptors (Lipinski definition) is 7. The molecular weight excluding hydrogens is 346 g/mol. The third-order valence-corrected chi connectivity index (χ3v) is 6.32. The van der Waals surface area contributed by atoms with Gasteiger partial charge in [-0.15, -0.1) is 0 Å². The average Bonchev–Trinajstić information content (AvgIpc) is 2.92. The Balaban J connectivity index is 2.02. The maximum Gasteiger partial charge on any atom is 0.410 e. The number of nitrogens with zero attached hydrogens (tertiary/aromatic N) is 3. The van der Waals surface area contributed by atoms with Crippen LogP contribution in [-0.2, 0) is 21.0 Å². The largest absolute Gasteiger partial charge is 0.444 e. The van der Waals surface area contributed by atoms with Gasteiger partial charge in [0.05, 0.1) is 5.75 Å². The fourth-order valence-electron chi connectivity index (χ4n) is 2.63. The Morgan fingerprint density at radius 2 is 2.08 bits per heavy atom. The molecule has 0 unspecified atom stereocenters. The van der Waals surface area contributed by atoms with E-state index in [9.17, 15) is 13.2 Å². The SMILES string of the molecule is C[C@@H](Cc1noc([C@@H]2CCCCS2(=O)=O)n1)N(C)C(=O)OC(C)(C)C. The Morgan fingerprint density at radius 1 is 1.40 bits per heavy atom. The molecule has 0 saturated carbocycles. The summed E-state index contributed by atoms with van der Waals surface area (Å²) in [7, 11) is -1.58. The second-order valence-corrected chi connectivity index (χ2v) is 9.85. The number of ether oxygens (including phenoxy) is 1. The van der Waals surface area contributed by atoms with Crippen LogP contribution in [0.15, 0.2) is 4.52 Å². The zero-order valence-corrected chi connectivity index (χ0v) is 16.3. The van der Waals surface area contributed by atoms with Gasteiger partial charge in [-0.25, -0.2) is 13.2 Å². The number of amides is 1. The first kappa shape index (κ1) is 19.7. The highest BCUT2D eigenvalue weighted by Gasteiger charge is 2.35. The highest BCUT2D eigenvalue weighted by Crippen LogP contribution is 2.32. The Hall–Kier alpha value is -1.64. The van der Waals surface area contributed by atoms with Crippen LogP contribution >= 0.6 is 0 Å². The van der Waals surface area contributed by atoms with E-state index in [-0.39, 0.29) is 17.7 Å². The average molecular weight is 373 g/mol. The van der Waals surface area contributed by atoms with Gasteiger partial charge < -0.3 is 14.2 Å². The van der Waals surface area contributed by atoms with Gasteiger partial charge in [0, 0.05) is 19.5 Å². The molecule has 2 atom stereocenters. The lowest BCUT2D eigenvalue weighted by Gasteiger charge is -2.28. The van der Waals surface area contributed by atoms with E-state index in [0.29, 0.717) is 25.1 Å². The lowest BCUT2D eigenvalue weighted by atomic mass is 10.2. The molecule has 1 aromatic heterocycles. The van der Waals surface area contributed by atoms with Crippen LogP contribution < -0.4 is 0 Å². The van der Waals surface area contributed by atoms with Gasteiger partial charge in [-0.2, -0.15) is 4.98 Å². The molecule has 2 heterocycles. The van der Waals surface area contributed by atoms with Crippen LogP contribution in [0.1, 0.15) is 63.9 Å². The first-order valence-corrected chi connectivity index (χ1v) is 10.2. The monoisotopic (exact) mass is 373 g/mol. The summed E-state index contributed by atoms with van der Waals surface area (Å²) in [4.78, 5) is 17.8. The summed E-state index contributed by atoms with van der Waals surface area (Å²) < 4.78 is 34.8. The number of sulfone groups is 1. The zero-order chi connectivity index (χ0) is 18.8. The molecule has 1 amide bonds. The zero-order valence-electron chi connectivity index (χ0n) is 15.5. The van der Waals surface area contributed by atoms with Crippen LogP contribution in [0.3, 0.4) is 0 Å². The summed E-state index contributed by atoms with van der Waals surface area (Å²) in [6, 6.07) is -0.219. The second kappa shape index (κ2) is 7.31. The van der Waals surface area contributed by atoms with Crippen LogP contribution in [0.4, 0.5) is 4.79 Å². The van der Waals surface area contributed by atoms with Crippen LogP contribution in [0.2, 0.25) is 0 Å². The summed E-state index contributed by atoms with van der Waals surface area (Å²) in [6.07, 6.45) is 1.94. The number of carbonyl (C=O) groups excluding carboxylic acids is 1.